The number of ether oxygens (including phenoxy) is 1. The molecule has 206 valence electrons. The summed E-state index contributed by atoms with van der Waals surface area (Å²) in [4.78, 5) is 19.4. The molecule has 1 fully saturated rings. The number of rotatable bonds is 6. The Bertz CT molecular complexity index is 1510. The molecular weight excluding hydrogens is 500 g/mol. The molecule has 0 atom stereocenters. The fraction of sp³-hybridized carbons (Fsp3) is 0.400. The molecule has 0 amide bonds. The highest BCUT2D eigenvalue weighted by Crippen LogP contribution is 2.43. The van der Waals surface area contributed by atoms with Crippen molar-refractivity contribution in [3.8, 4) is 5.75 Å². The van der Waals surface area contributed by atoms with Crippen molar-refractivity contribution >= 4 is 34.1 Å². The standard InChI is InChI=1S/C30H35F2N5O2/c1-18-11-25-27(36(2)30(18)38)13-22(39-3)14-28(25)37-10-4-5-19-12-23(24(29(31)32)15-26(19)37)20(16-33)17-35-21-6-8-34-9-7-21/h11-17,21,29,34H,4-10,33H2,1-3H3/b20-16+,35-17?. The molecule has 2 aliphatic rings. The van der Waals surface area contributed by atoms with E-state index in [0.29, 0.717) is 29.0 Å². The van der Waals surface area contributed by atoms with Gasteiger partial charge in [-0.25, -0.2) is 8.78 Å². The van der Waals surface area contributed by atoms with Crippen molar-refractivity contribution in [2.24, 2.45) is 17.8 Å². The Kier molecular flexibility index (Phi) is 7.70. The van der Waals surface area contributed by atoms with E-state index in [4.69, 9.17) is 10.5 Å². The lowest BCUT2D eigenvalue weighted by Crippen LogP contribution is -2.29. The predicted octanol–water partition coefficient (Wildman–Crippen LogP) is 5.00. The number of nitrogens with two attached hydrogens (primary N) is 1. The maximum Gasteiger partial charge on any atom is 0.264 e. The van der Waals surface area contributed by atoms with Gasteiger partial charge in [0.2, 0.25) is 0 Å². The van der Waals surface area contributed by atoms with E-state index in [-0.39, 0.29) is 17.2 Å². The van der Waals surface area contributed by atoms with Crippen molar-refractivity contribution in [1.29, 1.82) is 0 Å². The number of aliphatic imine (C=N–C) groups is 1. The summed E-state index contributed by atoms with van der Waals surface area (Å²) in [6.45, 7) is 4.23. The lowest BCUT2D eigenvalue weighted by atomic mass is 9.91. The Hall–Kier alpha value is -3.72. The van der Waals surface area contributed by atoms with Gasteiger partial charge in [-0.15, -0.1) is 0 Å². The quantitative estimate of drug-likeness (QED) is 0.434. The zero-order valence-corrected chi connectivity index (χ0v) is 22.6. The number of hydrogen-bond donors (Lipinski definition) is 2. The second kappa shape index (κ2) is 11.2. The summed E-state index contributed by atoms with van der Waals surface area (Å²) in [6.07, 6.45) is 3.76. The smallest absolute Gasteiger partial charge is 0.264 e. The molecule has 0 bridgehead atoms. The SMILES string of the molecule is COc1cc(N2CCCc3cc(/C(C=NC4CCNCC4)=C/N)c(C(F)F)cc32)c2cc(C)c(=O)n(C)c2c1. The van der Waals surface area contributed by atoms with Crippen LogP contribution in [0.2, 0.25) is 0 Å². The van der Waals surface area contributed by atoms with Crippen LogP contribution < -0.4 is 26.2 Å². The Morgan fingerprint density at radius 3 is 2.64 bits per heavy atom. The van der Waals surface area contributed by atoms with E-state index in [2.05, 4.69) is 15.2 Å². The van der Waals surface area contributed by atoms with Crippen LogP contribution in [0.1, 0.15) is 47.9 Å². The van der Waals surface area contributed by atoms with E-state index < -0.39 is 6.43 Å². The first kappa shape index (κ1) is 26.9. The Balaban J connectivity index is 1.64. The predicted molar refractivity (Wildman–Crippen MR) is 154 cm³/mol. The van der Waals surface area contributed by atoms with Crippen LogP contribution in [-0.2, 0) is 13.5 Å². The molecule has 3 aromatic rings. The molecule has 3 N–H and O–H groups in total. The molecule has 2 aliphatic heterocycles. The number of alkyl halides is 2. The summed E-state index contributed by atoms with van der Waals surface area (Å²) < 4.78 is 36.3. The van der Waals surface area contributed by atoms with Crippen LogP contribution in [0.5, 0.6) is 5.75 Å². The molecule has 9 heteroatoms. The minimum absolute atomic E-state index is 0.0788. The van der Waals surface area contributed by atoms with E-state index in [1.165, 1.54) is 6.20 Å². The fourth-order valence-corrected chi connectivity index (χ4v) is 5.69. The summed E-state index contributed by atoms with van der Waals surface area (Å²) in [6, 6.07) is 9.21. The average molecular weight is 536 g/mol. The Morgan fingerprint density at radius 1 is 1.18 bits per heavy atom. The van der Waals surface area contributed by atoms with Gasteiger partial charge in [0.15, 0.2) is 0 Å². The van der Waals surface area contributed by atoms with Crippen molar-refractivity contribution in [2.45, 2.75) is 45.1 Å². The second-order valence-corrected chi connectivity index (χ2v) is 10.3. The third-order valence-electron chi connectivity index (χ3n) is 7.83. The van der Waals surface area contributed by atoms with E-state index >= 15 is 0 Å². The van der Waals surface area contributed by atoms with E-state index in [1.54, 1.807) is 37.9 Å². The number of allylic oxidation sites excluding steroid dienone is 1. The number of hydrogen-bond acceptors (Lipinski definition) is 6. The number of nitrogens with one attached hydrogen (secondary N) is 1. The average Bonchev–Trinajstić information content (AvgIpc) is 2.95. The van der Waals surface area contributed by atoms with E-state index in [0.717, 1.165) is 66.6 Å². The summed E-state index contributed by atoms with van der Waals surface area (Å²) in [5.74, 6) is 0.594. The zero-order chi connectivity index (χ0) is 27.7. The zero-order valence-electron chi connectivity index (χ0n) is 22.6. The number of piperidine rings is 1. The topological polar surface area (TPSA) is 84.9 Å². The van der Waals surface area contributed by atoms with Crippen molar-refractivity contribution in [2.75, 3.05) is 31.6 Å². The number of fused-ring (bicyclic) bond motifs is 2. The van der Waals surface area contributed by atoms with Crippen LogP contribution in [0, 0.1) is 6.92 Å². The number of pyridine rings is 1. The number of nitrogens with zero attached hydrogens (tertiary/aromatic N) is 3. The van der Waals surface area contributed by atoms with Gasteiger partial charge in [-0.2, -0.15) is 0 Å². The molecule has 0 saturated carbocycles. The van der Waals surface area contributed by atoms with Gasteiger partial charge in [-0.05, 0) is 75.0 Å². The molecular formula is C30H35F2N5O2. The largest absolute Gasteiger partial charge is 0.497 e. The fourth-order valence-electron chi connectivity index (χ4n) is 5.69. The lowest BCUT2D eigenvalue weighted by Gasteiger charge is -2.34. The normalized spacial score (nSPS) is 16.9. The van der Waals surface area contributed by atoms with Gasteiger partial charge in [-0.3, -0.25) is 9.79 Å². The third-order valence-corrected chi connectivity index (χ3v) is 7.83. The molecule has 39 heavy (non-hydrogen) atoms. The molecule has 5 rings (SSSR count). The maximum atomic E-state index is 14.5. The van der Waals surface area contributed by atoms with Crippen LogP contribution in [0.25, 0.3) is 16.5 Å². The highest BCUT2D eigenvalue weighted by molar-refractivity contribution is 6.10. The van der Waals surface area contributed by atoms with Crippen LogP contribution in [0.15, 0.2) is 46.3 Å². The summed E-state index contributed by atoms with van der Waals surface area (Å²) >= 11 is 0. The molecule has 2 aromatic carbocycles. The number of aryl methyl sites for hydroxylation is 3. The van der Waals surface area contributed by atoms with E-state index in [1.807, 2.05) is 24.3 Å². The lowest BCUT2D eigenvalue weighted by molar-refractivity contribution is 0.151. The van der Waals surface area contributed by atoms with Gasteiger partial charge in [0.05, 0.1) is 24.4 Å². The second-order valence-electron chi connectivity index (χ2n) is 10.3. The molecule has 1 saturated heterocycles. The number of benzene rings is 2. The van der Waals surface area contributed by atoms with Gasteiger partial charge in [0, 0.05) is 65.9 Å². The van der Waals surface area contributed by atoms with Crippen LogP contribution >= 0.6 is 0 Å². The summed E-state index contributed by atoms with van der Waals surface area (Å²) in [5.41, 5.74) is 10.6. The minimum atomic E-state index is -2.69. The number of aromatic nitrogens is 1. The van der Waals surface area contributed by atoms with Gasteiger partial charge in [-0.1, -0.05) is 0 Å². The van der Waals surface area contributed by atoms with Gasteiger partial charge >= 0.3 is 0 Å². The molecule has 7 nitrogen and oxygen atoms in total. The molecule has 3 heterocycles. The third kappa shape index (κ3) is 5.15. The summed E-state index contributed by atoms with van der Waals surface area (Å²) in [7, 11) is 3.31. The molecule has 0 aliphatic carbocycles. The Labute approximate surface area is 227 Å². The minimum Gasteiger partial charge on any atom is -0.497 e. The maximum absolute atomic E-state index is 14.5. The van der Waals surface area contributed by atoms with Crippen molar-refractivity contribution in [1.82, 2.24) is 9.88 Å². The molecule has 0 unspecified atom stereocenters. The van der Waals surface area contributed by atoms with E-state index in [9.17, 15) is 13.6 Å². The van der Waals surface area contributed by atoms with Gasteiger partial charge in [0.1, 0.15) is 5.75 Å². The highest BCUT2D eigenvalue weighted by Gasteiger charge is 2.26. The first-order valence-electron chi connectivity index (χ1n) is 13.4. The first-order valence-corrected chi connectivity index (χ1v) is 13.4. The van der Waals surface area contributed by atoms with Crippen LogP contribution in [0.3, 0.4) is 0 Å². The van der Waals surface area contributed by atoms with Gasteiger partial charge in [0.25, 0.3) is 12.0 Å². The van der Waals surface area contributed by atoms with Crippen molar-refractivity contribution < 1.29 is 13.5 Å². The molecule has 1 aromatic heterocycles. The molecule has 0 spiro atoms. The highest BCUT2D eigenvalue weighted by atomic mass is 19.3. The monoisotopic (exact) mass is 535 g/mol. The van der Waals surface area contributed by atoms with Crippen LogP contribution in [0.4, 0.5) is 20.2 Å². The molecule has 0 radical (unpaired) electrons. The number of halogens is 2. The van der Waals surface area contributed by atoms with Crippen LogP contribution in [-0.4, -0.2) is 43.6 Å². The summed E-state index contributed by atoms with van der Waals surface area (Å²) in [5, 5.41) is 4.17. The Morgan fingerprint density at radius 2 is 1.95 bits per heavy atom. The first-order chi connectivity index (χ1) is 18.8. The van der Waals surface area contributed by atoms with Crippen molar-refractivity contribution in [3.63, 3.8) is 0 Å². The number of anilines is 2. The van der Waals surface area contributed by atoms with Crippen molar-refractivity contribution in [3.05, 3.63) is 69.1 Å². The van der Waals surface area contributed by atoms with Gasteiger partial charge < -0.3 is 25.3 Å². The number of methoxy groups -OCH3 is 1.